The minimum atomic E-state index is 0.0498. The molecule has 2 nitrogen and oxygen atoms in total. The van der Waals surface area contributed by atoms with Crippen molar-refractivity contribution in [2.24, 2.45) is 0 Å². The van der Waals surface area contributed by atoms with E-state index in [4.69, 9.17) is 0 Å². The topological polar surface area (TPSA) is 9.86 Å². The molecule has 246 valence electrons. The predicted octanol–water partition coefficient (Wildman–Crippen LogP) is 11.2. The standard InChI is InChI=1S/C50H33BN2/c1-3-13-30(14-4-1)32-23-24-44-39(25-32)40-26-35(31-15-5-2-6-16-31)27-41-46-36-19-9-8-18-34(36)29-45-48(46)51(53(44)49(40)41)42-28-33-17-7-10-20-37(33)47-38-21-11-12-22-43(38)52(45)50(42)47/h1-7,10-17,20-29H,8-9,18-19H2. The van der Waals surface area contributed by atoms with E-state index in [1.54, 1.807) is 5.56 Å². The highest BCUT2D eigenvalue weighted by atomic mass is 15.0. The van der Waals surface area contributed by atoms with Crippen molar-refractivity contribution in [3.05, 3.63) is 163 Å². The molecule has 0 saturated heterocycles. The Morgan fingerprint density at radius 1 is 0.491 bits per heavy atom. The van der Waals surface area contributed by atoms with Gasteiger partial charge < -0.3 is 9.05 Å². The molecule has 2 aliphatic heterocycles. The second-order valence-corrected chi connectivity index (χ2v) is 15.4. The second kappa shape index (κ2) is 10.2. The van der Waals surface area contributed by atoms with Crippen LogP contribution in [0.5, 0.6) is 0 Å². The van der Waals surface area contributed by atoms with E-state index in [2.05, 4.69) is 161 Å². The van der Waals surface area contributed by atoms with Crippen molar-refractivity contribution in [1.82, 2.24) is 9.05 Å². The second-order valence-electron chi connectivity index (χ2n) is 15.4. The monoisotopic (exact) mass is 672 g/mol. The van der Waals surface area contributed by atoms with E-state index in [1.165, 1.54) is 123 Å². The summed E-state index contributed by atoms with van der Waals surface area (Å²) in [5.74, 6) is 0. The van der Waals surface area contributed by atoms with Crippen LogP contribution in [0.3, 0.4) is 0 Å². The Labute approximate surface area is 307 Å². The van der Waals surface area contributed by atoms with Crippen LogP contribution in [0.2, 0.25) is 0 Å². The van der Waals surface area contributed by atoms with E-state index < -0.39 is 0 Å². The van der Waals surface area contributed by atoms with E-state index in [0.717, 1.165) is 12.8 Å². The molecule has 1 aliphatic carbocycles. The molecule has 4 heterocycles. The average molecular weight is 673 g/mol. The van der Waals surface area contributed by atoms with Crippen molar-refractivity contribution in [3.8, 4) is 39.1 Å². The molecule has 0 amide bonds. The normalized spacial score (nSPS) is 14.1. The van der Waals surface area contributed by atoms with Gasteiger partial charge in [-0.3, -0.25) is 0 Å². The number of hydrogen-bond acceptors (Lipinski definition) is 0. The minimum Gasteiger partial charge on any atom is -0.375 e. The van der Waals surface area contributed by atoms with Crippen LogP contribution in [0.15, 0.2) is 152 Å². The van der Waals surface area contributed by atoms with Gasteiger partial charge in [0.2, 0.25) is 0 Å². The maximum absolute atomic E-state index is 2.75. The Hall–Kier alpha value is -6.32. The lowest BCUT2D eigenvalue weighted by molar-refractivity contribution is 0.687. The van der Waals surface area contributed by atoms with Gasteiger partial charge in [0, 0.05) is 43.8 Å². The summed E-state index contributed by atoms with van der Waals surface area (Å²) in [6, 6.07) is 57.5. The van der Waals surface area contributed by atoms with Crippen LogP contribution in [0.4, 0.5) is 0 Å². The smallest absolute Gasteiger partial charge is 0.333 e. The number of benzene rings is 8. The van der Waals surface area contributed by atoms with Crippen LogP contribution < -0.4 is 10.9 Å². The lowest BCUT2D eigenvalue weighted by Crippen LogP contribution is -2.55. The van der Waals surface area contributed by atoms with Crippen molar-refractivity contribution in [1.29, 1.82) is 0 Å². The lowest BCUT2D eigenvalue weighted by Gasteiger charge is -2.37. The third kappa shape index (κ3) is 3.60. The van der Waals surface area contributed by atoms with Gasteiger partial charge >= 0.3 is 6.85 Å². The molecule has 0 spiro atoms. The highest BCUT2D eigenvalue weighted by Crippen LogP contribution is 2.48. The van der Waals surface area contributed by atoms with Crippen molar-refractivity contribution >= 4 is 72.2 Å². The van der Waals surface area contributed by atoms with Crippen LogP contribution >= 0.6 is 0 Å². The van der Waals surface area contributed by atoms with Crippen LogP contribution in [-0.4, -0.2) is 15.9 Å². The molecular formula is C50H33BN2. The lowest BCUT2D eigenvalue weighted by atomic mass is 9.45. The van der Waals surface area contributed by atoms with Crippen LogP contribution in [0.1, 0.15) is 24.0 Å². The molecule has 10 aromatic rings. The SMILES string of the molecule is c1ccc(-c2ccc3c(c2)c2cc(-c4ccccc4)cc4c2n3B2c3c(cc5c(c3-4)CCCC5)-n3c4ccccc4c4c5ccccc5cc2c43)cc1. The summed E-state index contributed by atoms with van der Waals surface area (Å²) in [6.07, 6.45) is 4.76. The molecule has 13 rings (SSSR count). The van der Waals surface area contributed by atoms with Gasteiger partial charge in [-0.1, -0.05) is 115 Å². The third-order valence-electron chi connectivity index (χ3n) is 12.8. The summed E-state index contributed by atoms with van der Waals surface area (Å²) in [6.45, 7) is 0.0498. The van der Waals surface area contributed by atoms with Crippen molar-refractivity contribution in [2.45, 2.75) is 25.7 Å². The number of aromatic nitrogens is 2. The molecule has 3 aliphatic rings. The fourth-order valence-corrected chi connectivity index (χ4v) is 10.7. The molecule has 0 saturated carbocycles. The first-order valence-corrected chi connectivity index (χ1v) is 19.2. The van der Waals surface area contributed by atoms with E-state index in [9.17, 15) is 0 Å². The molecule has 0 atom stereocenters. The molecular weight excluding hydrogens is 639 g/mol. The summed E-state index contributed by atoms with van der Waals surface area (Å²) >= 11 is 0. The number of aryl methyl sites for hydroxylation is 1. The van der Waals surface area contributed by atoms with Gasteiger partial charge in [-0.25, -0.2) is 0 Å². The van der Waals surface area contributed by atoms with E-state index >= 15 is 0 Å². The molecule has 0 N–H and O–H groups in total. The third-order valence-corrected chi connectivity index (χ3v) is 12.8. The number of nitrogens with zero attached hydrogens (tertiary/aromatic N) is 2. The van der Waals surface area contributed by atoms with Gasteiger partial charge in [0.15, 0.2) is 0 Å². The Morgan fingerprint density at radius 3 is 2.06 bits per heavy atom. The molecule has 0 bridgehead atoms. The summed E-state index contributed by atoms with van der Waals surface area (Å²) in [5.41, 5.74) is 20.6. The first-order valence-electron chi connectivity index (χ1n) is 19.2. The Kier molecular flexibility index (Phi) is 5.43. The molecule has 53 heavy (non-hydrogen) atoms. The number of para-hydroxylation sites is 1. The number of fused-ring (bicyclic) bond motifs is 14. The van der Waals surface area contributed by atoms with Gasteiger partial charge in [0.1, 0.15) is 0 Å². The van der Waals surface area contributed by atoms with Crippen molar-refractivity contribution < 1.29 is 0 Å². The number of rotatable bonds is 2. The van der Waals surface area contributed by atoms with Gasteiger partial charge in [-0.2, -0.15) is 0 Å². The Morgan fingerprint density at radius 2 is 1.21 bits per heavy atom. The summed E-state index contributed by atoms with van der Waals surface area (Å²) < 4.78 is 5.40. The van der Waals surface area contributed by atoms with Crippen LogP contribution in [0, 0.1) is 0 Å². The quantitative estimate of drug-likeness (QED) is 0.162. The summed E-state index contributed by atoms with van der Waals surface area (Å²) in [5, 5.41) is 8.03. The zero-order valence-corrected chi connectivity index (χ0v) is 29.2. The average Bonchev–Trinajstić information content (AvgIpc) is 3.75. The maximum Gasteiger partial charge on any atom is 0.333 e. The zero-order valence-electron chi connectivity index (χ0n) is 29.2. The van der Waals surface area contributed by atoms with Gasteiger partial charge in [0.05, 0.1) is 11.0 Å². The zero-order chi connectivity index (χ0) is 34.4. The Bertz CT molecular complexity index is 3220. The predicted molar refractivity (Wildman–Crippen MR) is 225 cm³/mol. The van der Waals surface area contributed by atoms with Crippen molar-refractivity contribution in [2.75, 3.05) is 0 Å². The van der Waals surface area contributed by atoms with Gasteiger partial charge in [-0.15, -0.1) is 0 Å². The molecule has 3 heteroatoms. The molecule has 0 unspecified atom stereocenters. The molecule has 2 aromatic heterocycles. The van der Waals surface area contributed by atoms with Crippen LogP contribution in [-0.2, 0) is 12.8 Å². The first kappa shape index (κ1) is 28.3. The highest BCUT2D eigenvalue weighted by Gasteiger charge is 2.43. The van der Waals surface area contributed by atoms with E-state index in [1.807, 2.05) is 0 Å². The molecule has 8 aromatic carbocycles. The van der Waals surface area contributed by atoms with Gasteiger partial charge in [-0.05, 0) is 123 Å². The maximum atomic E-state index is 2.75. The fourth-order valence-electron chi connectivity index (χ4n) is 10.7. The summed E-state index contributed by atoms with van der Waals surface area (Å²) in [7, 11) is 0. The number of hydrogen-bond donors (Lipinski definition) is 0. The first-order chi connectivity index (χ1) is 26.3. The van der Waals surface area contributed by atoms with Gasteiger partial charge in [0.25, 0.3) is 0 Å². The van der Waals surface area contributed by atoms with Crippen LogP contribution in [0.25, 0.3) is 93.5 Å². The Balaban J connectivity index is 1.27. The molecule has 0 radical (unpaired) electrons. The van der Waals surface area contributed by atoms with E-state index in [-0.39, 0.29) is 6.85 Å². The highest BCUT2D eigenvalue weighted by molar-refractivity contribution is 6.90. The van der Waals surface area contributed by atoms with E-state index in [0.29, 0.717) is 0 Å². The fraction of sp³-hybridized carbons (Fsp3) is 0.0800. The minimum absolute atomic E-state index is 0.0498. The van der Waals surface area contributed by atoms with Crippen molar-refractivity contribution in [3.63, 3.8) is 0 Å². The molecule has 0 fully saturated rings. The largest absolute Gasteiger partial charge is 0.375 e. The summed E-state index contributed by atoms with van der Waals surface area (Å²) in [4.78, 5) is 0.